The van der Waals surface area contributed by atoms with E-state index in [4.69, 9.17) is 8.92 Å². The van der Waals surface area contributed by atoms with Crippen molar-refractivity contribution in [3.05, 3.63) is 52.7 Å². The van der Waals surface area contributed by atoms with Crippen molar-refractivity contribution >= 4 is 17.7 Å². The Morgan fingerprint density at radius 2 is 1.48 bits per heavy atom. The third kappa shape index (κ3) is 12.8. The maximum absolute atomic E-state index is 10.5. The van der Waals surface area contributed by atoms with Gasteiger partial charge >= 0.3 is 0 Å². The summed E-state index contributed by atoms with van der Waals surface area (Å²) in [7, 11) is 1.56. The molecule has 2 rings (SSSR count). The van der Waals surface area contributed by atoms with Crippen LogP contribution < -0.4 is 4.74 Å². The Hall–Kier alpha value is -2.12. The van der Waals surface area contributed by atoms with Crippen molar-refractivity contribution in [1.29, 1.82) is 0 Å². The summed E-state index contributed by atoms with van der Waals surface area (Å²) < 4.78 is 10.4. The molecular formula is C20H32N2O4S. The first-order valence-corrected chi connectivity index (χ1v) is 9.93. The topological polar surface area (TPSA) is 74.5 Å². The Balaban J connectivity index is 0. The normalized spacial score (nSPS) is 8.70. The van der Waals surface area contributed by atoms with Gasteiger partial charge in [0.2, 0.25) is 0 Å². The number of ether oxygens (including phenoxy) is 1. The molecule has 0 radical (unpaired) electrons. The van der Waals surface area contributed by atoms with Gasteiger partial charge in [0.1, 0.15) is 16.5 Å². The van der Waals surface area contributed by atoms with Gasteiger partial charge < -0.3 is 8.92 Å². The van der Waals surface area contributed by atoms with Crippen molar-refractivity contribution in [2.24, 2.45) is 0 Å². The minimum Gasteiger partial charge on any atom is -0.456 e. The van der Waals surface area contributed by atoms with E-state index >= 15 is 0 Å². The fraction of sp³-hybridized carbons (Fsp3) is 0.450. The van der Waals surface area contributed by atoms with Crippen LogP contribution >= 0.6 is 12.0 Å². The van der Waals surface area contributed by atoms with E-state index in [1.54, 1.807) is 25.4 Å². The molecule has 27 heavy (non-hydrogen) atoms. The van der Waals surface area contributed by atoms with Crippen molar-refractivity contribution in [1.82, 2.24) is 4.98 Å². The third-order valence-electron chi connectivity index (χ3n) is 2.66. The average molecular weight is 397 g/mol. The van der Waals surface area contributed by atoms with Crippen LogP contribution in [0.5, 0.6) is 11.5 Å². The summed E-state index contributed by atoms with van der Waals surface area (Å²) in [5.41, 5.74) is 0.0253. The van der Waals surface area contributed by atoms with E-state index in [2.05, 4.69) is 18.8 Å². The highest BCUT2D eigenvalue weighted by Gasteiger charge is 2.05. The van der Waals surface area contributed by atoms with E-state index in [0.717, 1.165) is 17.1 Å². The molecule has 6 nitrogen and oxygen atoms in total. The highest BCUT2D eigenvalue weighted by Crippen LogP contribution is 2.24. The molecule has 0 amide bonds. The van der Waals surface area contributed by atoms with Gasteiger partial charge in [0.15, 0.2) is 0 Å². The molecular weight excluding hydrogens is 364 g/mol. The zero-order chi connectivity index (χ0) is 21.1. The van der Waals surface area contributed by atoms with Gasteiger partial charge in [-0.05, 0) is 24.3 Å². The molecule has 152 valence electrons. The molecule has 7 heteroatoms. The van der Waals surface area contributed by atoms with Crippen LogP contribution in [0.1, 0.15) is 54.4 Å². The molecule has 0 spiro atoms. The van der Waals surface area contributed by atoms with Gasteiger partial charge in [-0.1, -0.05) is 54.4 Å². The van der Waals surface area contributed by atoms with Crippen LogP contribution in [0.25, 0.3) is 0 Å². The van der Waals surface area contributed by atoms with Gasteiger partial charge in [-0.3, -0.25) is 10.1 Å². The summed E-state index contributed by atoms with van der Waals surface area (Å²) in [6, 6.07) is 9.35. The zero-order valence-electron chi connectivity index (χ0n) is 17.4. The zero-order valence-corrected chi connectivity index (χ0v) is 18.2. The second kappa shape index (κ2) is 18.7. The third-order valence-corrected chi connectivity index (χ3v) is 3.24. The predicted molar refractivity (Wildman–Crippen MR) is 114 cm³/mol. The van der Waals surface area contributed by atoms with Gasteiger partial charge in [0.25, 0.3) is 5.69 Å². The number of hydrogen-bond donors (Lipinski definition) is 0. The lowest BCUT2D eigenvalue weighted by molar-refractivity contribution is -0.384. The highest BCUT2D eigenvalue weighted by atomic mass is 32.2. The molecule has 0 bridgehead atoms. The summed E-state index contributed by atoms with van der Waals surface area (Å²) in [4.78, 5) is 14.2. The molecule has 1 aromatic heterocycles. The fourth-order valence-corrected chi connectivity index (χ4v) is 1.72. The van der Waals surface area contributed by atoms with Crippen molar-refractivity contribution < 1.29 is 13.8 Å². The van der Waals surface area contributed by atoms with E-state index in [1.807, 2.05) is 27.7 Å². The molecule has 0 fully saturated rings. The van der Waals surface area contributed by atoms with Crippen molar-refractivity contribution in [2.75, 3.05) is 7.11 Å². The lowest BCUT2D eigenvalue weighted by Crippen LogP contribution is -1.89. The number of aromatic nitrogens is 1. The number of non-ortho nitro benzene ring substituents is 1. The summed E-state index contributed by atoms with van der Waals surface area (Å²) >= 11 is 1.15. The van der Waals surface area contributed by atoms with Crippen LogP contribution in [-0.2, 0) is 4.18 Å². The van der Waals surface area contributed by atoms with E-state index < -0.39 is 4.92 Å². The Bertz CT molecular complexity index is 588. The number of benzene rings is 1. The second-order valence-corrected chi connectivity index (χ2v) is 5.35. The minimum atomic E-state index is -0.456. The molecule has 0 atom stereocenters. The van der Waals surface area contributed by atoms with Crippen molar-refractivity contribution in [2.45, 2.75) is 59.4 Å². The molecule has 0 N–H and O–H groups in total. The first-order valence-electron chi connectivity index (χ1n) is 9.19. The van der Waals surface area contributed by atoms with Crippen molar-refractivity contribution in [3.8, 4) is 11.5 Å². The summed E-state index contributed by atoms with van der Waals surface area (Å²) in [5, 5.41) is 11.2. The van der Waals surface area contributed by atoms with E-state index in [1.165, 1.54) is 37.1 Å². The van der Waals surface area contributed by atoms with E-state index in [9.17, 15) is 10.1 Å². The maximum atomic E-state index is 10.5. The molecule has 0 aliphatic carbocycles. The fourth-order valence-electron chi connectivity index (χ4n) is 1.33. The number of nitrogens with zero attached hydrogens (tertiary/aromatic N) is 2. The van der Waals surface area contributed by atoms with E-state index in [-0.39, 0.29) is 5.69 Å². The summed E-state index contributed by atoms with van der Waals surface area (Å²) in [6.45, 7) is 12.4. The lowest BCUT2D eigenvalue weighted by atomic mass is 10.3. The van der Waals surface area contributed by atoms with E-state index in [0.29, 0.717) is 11.5 Å². The molecule has 0 aliphatic rings. The van der Waals surface area contributed by atoms with Gasteiger partial charge in [-0.25, -0.2) is 4.98 Å². The van der Waals surface area contributed by atoms with Crippen LogP contribution in [0.2, 0.25) is 0 Å². The standard InChI is InChI=1S/C12H10N2O4S.C4H10.2C2H6/c1-17-19-12-7-6-11(8-13-12)18-10-4-2-9(3-5-10)14(15)16;1-3-4-2;2*1-2/h2-8H,1H3;3-4H2,1-2H3;2*1-2H3. The van der Waals surface area contributed by atoms with Crippen LogP contribution in [0.15, 0.2) is 47.6 Å². The first kappa shape index (κ1) is 27.1. The molecule has 2 aromatic rings. The maximum Gasteiger partial charge on any atom is 0.269 e. The number of rotatable bonds is 6. The molecule has 0 unspecified atom stereocenters. The van der Waals surface area contributed by atoms with Crippen LogP contribution in [0, 0.1) is 10.1 Å². The number of nitro groups is 1. The van der Waals surface area contributed by atoms with Gasteiger partial charge in [0.05, 0.1) is 18.2 Å². The van der Waals surface area contributed by atoms with Crippen LogP contribution in [-0.4, -0.2) is 17.0 Å². The van der Waals surface area contributed by atoms with Gasteiger partial charge in [0, 0.05) is 24.2 Å². The Morgan fingerprint density at radius 1 is 0.963 bits per heavy atom. The molecule has 0 saturated heterocycles. The Labute approximate surface area is 167 Å². The van der Waals surface area contributed by atoms with Crippen molar-refractivity contribution in [3.63, 3.8) is 0 Å². The van der Waals surface area contributed by atoms with Gasteiger partial charge in [-0.15, -0.1) is 0 Å². The summed E-state index contributed by atoms with van der Waals surface area (Å²) in [6.07, 6.45) is 4.20. The Morgan fingerprint density at radius 3 is 1.85 bits per heavy atom. The quantitative estimate of drug-likeness (QED) is 0.290. The number of pyridine rings is 1. The number of hydrogen-bond acceptors (Lipinski definition) is 6. The predicted octanol–water partition coefficient (Wildman–Crippen LogP) is 7.29. The molecule has 1 aromatic carbocycles. The second-order valence-electron chi connectivity index (χ2n) is 4.44. The molecule has 0 aliphatic heterocycles. The minimum absolute atomic E-state index is 0.0253. The average Bonchev–Trinajstić information content (AvgIpc) is 2.73. The highest BCUT2D eigenvalue weighted by molar-refractivity contribution is 7.94. The van der Waals surface area contributed by atoms with Gasteiger partial charge in [-0.2, -0.15) is 0 Å². The number of unbranched alkanes of at least 4 members (excludes halogenated alkanes) is 1. The lowest BCUT2D eigenvalue weighted by Gasteiger charge is -2.05. The largest absolute Gasteiger partial charge is 0.456 e. The SMILES string of the molecule is CC.CC.CCCC.COSc1ccc(Oc2ccc([N+](=O)[O-])cc2)cn1. The molecule has 1 heterocycles. The summed E-state index contributed by atoms with van der Waals surface area (Å²) in [5.74, 6) is 1.06. The van der Waals surface area contributed by atoms with Crippen LogP contribution in [0.3, 0.4) is 0 Å². The molecule has 0 saturated carbocycles. The first-order chi connectivity index (χ1) is 13.1. The monoisotopic (exact) mass is 396 g/mol. The Kier molecular flexibility index (Phi) is 18.7. The number of nitro benzene ring substituents is 1. The smallest absolute Gasteiger partial charge is 0.269 e. The van der Waals surface area contributed by atoms with Crippen LogP contribution in [0.4, 0.5) is 5.69 Å².